The van der Waals surface area contributed by atoms with Gasteiger partial charge in [-0.15, -0.1) is 0 Å². The molecule has 4 heteroatoms. The van der Waals surface area contributed by atoms with E-state index in [1.54, 1.807) is 6.08 Å². The van der Waals surface area contributed by atoms with Crippen LogP contribution in [0, 0.1) is 11.3 Å². The van der Waals surface area contributed by atoms with Crippen molar-refractivity contribution in [3.63, 3.8) is 0 Å². The number of hydrogen-bond acceptors (Lipinski definition) is 4. The van der Waals surface area contributed by atoms with Crippen LogP contribution in [-0.4, -0.2) is 25.3 Å². The summed E-state index contributed by atoms with van der Waals surface area (Å²) in [5, 5.41) is 8.19. The number of nitriles is 1. The molecule has 3 rings (SSSR count). The number of carbonyl (C=O) groups excluding carboxylic acids is 1. The fourth-order valence-corrected chi connectivity index (χ4v) is 2.11. The van der Waals surface area contributed by atoms with Crippen LogP contribution < -0.4 is 0 Å². The van der Waals surface area contributed by atoms with E-state index >= 15 is 0 Å². The summed E-state index contributed by atoms with van der Waals surface area (Å²) in [4.78, 5) is 11.2. The van der Waals surface area contributed by atoms with Crippen LogP contribution in [0.3, 0.4) is 0 Å². The summed E-state index contributed by atoms with van der Waals surface area (Å²) in [5.41, 5.74) is 1.98. The summed E-state index contributed by atoms with van der Waals surface area (Å²) >= 11 is 0. The summed E-state index contributed by atoms with van der Waals surface area (Å²) in [6.45, 7) is 1.17. The van der Waals surface area contributed by atoms with Crippen LogP contribution in [0.15, 0.2) is 60.2 Å². The molecule has 24 heavy (non-hydrogen) atoms. The molecule has 0 aromatic heterocycles. The predicted octanol–water partition coefficient (Wildman–Crippen LogP) is 3.82. The topological polar surface area (TPSA) is 62.6 Å². The molecule has 1 aromatic carbocycles. The molecule has 1 aromatic rings. The highest BCUT2D eigenvalue weighted by molar-refractivity contribution is 5.88. The third-order valence-electron chi connectivity index (χ3n) is 3.48. The molecule has 124 valence electrons. The zero-order valence-corrected chi connectivity index (χ0v) is 13.6. The Hall–Kier alpha value is -2.64. The molecule has 1 aliphatic heterocycles. The highest BCUT2D eigenvalue weighted by Crippen LogP contribution is 2.19. The van der Waals surface area contributed by atoms with Gasteiger partial charge in [-0.05, 0) is 24.8 Å². The maximum absolute atomic E-state index is 11.2. The number of allylic oxidation sites excluding steroid dienone is 4. The van der Waals surface area contributed by atoms with Crippen molar-refractivity contribution in [3.8, 4) is 6.07 Å². The van der Waals surface area contributed by atoms with Gasteiger partial charge in [0.15, 0.2) is 0 Å². The van der Waals surface area contributed by atoms with Crippen LogP contribution in [0.4, 0.5) is 0 Å². The Bertz CT molecular complexity index is 649. The van der Waals surface area contributed by atoms with E-state index in [1.807, 2.05) is 54.6 Å². The molecular formula is C20H21NO3. The molecule has 1 fully saturated rings. The Kier molecular flexibility index (Phi) is 7.52. The van der Waals surface area contributed by atoms with Crippen molar-refractivity contribution in [2.45, 2.75) is 25.4 Å². The van der Waals surface area contributed by atoms with Gasteiger partial charge in [-0.25, -0.2) is 4.79 Å². The summed E-state index contributed by atoms with van der Waals surface area (Å²) in [6.07, 6.45) is 12.1. The molecule has 2 aliphatic rings. The van der Waals surface area contributed by atoms with Gasteiger partial charge in [0.1, 0.15) is 12.7 Å². The number of ether oxygens (including phenoxy) is 2. The summed E-state index contributed by atoms with van der Waals surface area (Å²) in [5.74, 6) is -0.150. The van der Waals surface area contributed by atoms with Gasteiger partial charge in [-0.3, -0.25) is 0 Å². The van der Waals surface area contributed by atoms with Crippen LogP contribution in [-0.2, 0) is 14.3 Å². The minimum atomic E-state index is -0.150. The van der Waals surface area contributed by atoms with Crippen molar-refractivity contribution in [2.75, 3.05) is 13.2 Å². The number of nitrogens with zero attached hydrogens (tertiary/aromatic N) is 1. The van der Waals surface area contributed by atoms with Crippen molar-refractivity contribution in [1.82, 2.24) is 0 Å². The zero-order valence-electron chi connectivity index (χ0n) is 13.6. The number of rotatable bonds is 5. The highest BCUT2D eigenvalue weighted by Gasteiger charge is 2.25. The number of esters is 1. The van der Waals surface area contributed by atoms with Gasteiger partial charge in [-0.1, -0.05) is 54.6 Å². The smallest absolute Gasteiger partial charge is 0.333 e. The number of hydrogen-bond donors (Lipinski definition) is 0. The first kappa shape index (κ1) is 17.7. The number of carbonyl (C=O) groups is 1. The molecule has 0 bridgehead atoms. The monoisotopic (exact) mass is 323 g/mol. The summed E-state index contributed by atoms with van der Waals surface area (Å²) in [6, 6.07) is 11.9. The average Bonchev–Trinajstić information content (AvgIpc) is 3.29. The van der Waals surface area contributed by atoms with E-state index in [4.69, 9.17) is 14.7 Å². The molecule has 0 spiro atoms. The molecule has 0 N–H and O–H groups in total. The Morgan fingerprint density at radius 3 is 2.75 bits per heavy atom. The standard InChI is InChI=1S/C11H9N.C9H12O3/c12-10-6-2-5-9-11-7-3-1-4-8-11;10-9(7-3-1-2-4-7)12-6-8-5-11-8/h1-9H;3,8H,1-2,4-6H2. The lowest BCUT2D eigenvalue weighted by atomic mass is 10.2. The predicted molar refractivity (Wildman–Crippen MR) is 92.9 cm³/mol. The molecule has 4 nitrogen and oxygen atoms in total. The first-order valence-electron chi connectivity index (χ1n) is 8.05. The van der Waals surface area contributed by atoms with Crippen LogP contribution in [0.1, 0.15) is 24.8 Å². The zero-order chi connectivity index (χ0) is 17.0. The largest absolute Gasteiger partial charge is 0.459 e. The van der Waals surface area contributed by atoms with E-state index in [0.29, 0.717) is 6.61 Å². The molecule has 1 unspecified atom stereocenters. The third-order valence-corrected chi connectivity index (χ3v) is 3.48. The van der Waals surface area contributed by atoms with Gasteiger partial charge in [0.2, 0.25) is 0 Å². The van der Waals surface area contributed by atoms with Crippen LogP contribution in [0.5, 0.6) is 0 Å². The molecular weight excluding hydrogens is 302 g/mol. The lowest BCUT2D eigenvalue weighted by Gasteiger charge is -2.01. The summed E-state index contributed by atoms with van der Waals surface area (Å²) < 4.78 is 9.94. The van der Waals surface area contributed by atoms with Gasteiger partial charge in [-0.2, -0.15) is 5.26 Å². The van der Waals surface area contributed by atoms with Crippen molar-refractivity contribution in [3.05, 3.63) is 65.8 Å². The maximum Gasteiger partial charge on any atom is 0.333 e. The number of epoxide rings is 1. The van der Waals surface area contributed by atoms with Gasteiger partial charge in [0, 0.05) is 11.6 Å². The molecule has 0 radical (unpaired) electrons. The van der Waals surface area contributed by atoms with E-state index < -0.39 is 0 Å². The minimum absolute atomic E-state index is 0.150. The molecule has 1 saturated heterocycles. The quantitative estimate of drug-likeness (QED) is 0.358. The van der Waals surface area contributed by atoms with E-state index in [-0.39, 0.29) is 12.1 Å². The minimum Gasteiger partial charge on any atom is -0.459 e. The SMILES string of the molecule is N#CC=CC=Cc1ccccc1.O=C(OCC1CO1)C1=CCCC1. The van der Waals surface area contributed by atoms with E-state index in [0.717, 1.165) is 37.0 Å². The lowest BCUT2D eigenvalue weighted by Crippen LogP contribution is -2.10. The second-order valence-corrected chi connectivity index (χ2v) is 5.43. The first-order valence-corrected chi connectivity index (χ1v) is 8.05. The van der Waals surface area contributed by atoms with Gasteiger partial charge >= 0.3 is 5.97 Å². The van der Waals surface area contributed by atoms with E-state index in [9.17, 15) is 4.79 Å². The third kappa shape index (κ3) is 7.08. The average molecular weight is 323 g/mol. The van der Waals surface area contributed by atoms with Crippen LogP contribution in [0.25, 0.3) is 6.08 Å². The fraction of sp³-hybridized carbons (Fsp3) is 0.300. The molecule has 0 saturated carbocycles. The lowest BCUT2D eigenvalue weighted by molar-refractivity contribution is -0.139. The van der Waals surface area contributed by atoms with Crippen LogP contribution in [0.2, 0.25) is 0 Å². The van der Waals surface area contributed by atoms with Crippen molar-refractivity contribution >= 4 is 12.0 Å². The second-order valence-electron chi connectivity index (χ2n) is 5.43. The van der Waals surface area contributed by atoms with E-state index in [2.05, 4.69) is 0 Å². The second kappa shape index (κ2) is 10.2. The van der Waals surface area contributed by atoms with Crippen molar-refractivity contribution < 1.29 is 14.3 Å². The first-order chi connectivity index (χ1) is 11.8. The van der Waals surface area contributed by atoms with Crippen molar-refractivity contribution in [1.29, 1.82) is 5.26 Å². The Morgan fingerprint density at radius 1 is 1.33 bits per heavy atom. The summed E-state index contributed by atoms with van der Waals surface area (Å²) in [7, 11) is 0. The Balaban J connectivity index is 0.000000174. The molecule has 1 heterocycles. The van der Waals surface area contributed by atoms with Gasteiger partial charge < -0.3 is 9.47 Å². The highest BCUT2D eigenvalue weighted by atomic mass is 16.6. The normalized spacial score (nSPS) is 18.6. The van der Waals surface area contributed by atoms with Gasteiger partial charge in [0.05, 0.1) is 12.7 Å². The maximum atomic E-state index is 11.2. The number of benzene rings is 1. The van der Waals surface area contributed by atoms with Gasteiger partial charge in [0.25, 0.3) is 0 Å². The fourth-order valence-electron chi connectivity index (χ4n) is 2.11. The Morgan fingerprint density at radius 2 is 2.12 bits per heavy atom. The van der Waals surface area contributed by atoms with Crippen molar-refractivity contribution in [2.24, 2.45) is 0 Å². The van der Waals surface area contributed by atoms with Crippen LogP contribution >= 0.6 is 0 Å². The molecule has 1 atom stereocenters. The van der Waals surface area contributed by atoms with E-state index in [1.165, 1.54) is 6.08 Å². The molecule has 1 aliphatic carbocycles. The molecule has 0 amide bonds. The Labute approximate surface area is 142 Å².